The number of anilines is 1. The first-order chi connectivity index (χ1) is 15.9. The van der Waals surface area contributed by atoms with Gasteiger partial charge in [0.25, 0.3) is 0 Å². The van der Waals surface area contributed by atoms with Crippen LogP contribution in [0, 0.1) is 5.92 Å². The van der Waals surface area contributed by atoms with Crippen molar-refractivity contribution in [3.05, 3.63) is 42.2 Å². The summed E-state index contributed by atoms with van der Waals surface area (Å²) in [6.45, 7) is 5.30. The lowest BCUT2D eigenvalue weighted by molar-refractivity contribution is -0.136. The van der Waals surface area contributed by atoms with E-state index >= 15 is 0 Å². The fourth-order valence-corrected chi connectivity index (χ4v) is 3.79. The molecule has 2 heterocycles. The Bertz CT molecular complexity index is 905. The van der Waals surface area contributed by atoms with Crippen molar-refractivity contribution in [1.29, 1.82) is 0 Å². The summed E-state index contributed by atoms with van der Waals surface area (Å²) in [6, 6.07) is 8.71. The zero-order valence-electron chi connectivity index (χ0n) is 19.6. The molecule has 180 valence electrons. The second-order valence-electron chi connectivity index (χ2n) is 8.66. The molecule has 2 N–H and O–H groups in total. The molecule has 0 radical (unpaired) electrons. The van der Waals surface area contributed by atoms with E-state index in [0.717, 1.165) is 0 Å². The van der Waals surface area contributed by atoms with Gasteiger partial charge in [-0.05, 0) is 25.5 Å². The van der Waals surface area contributed by atoms with E-state index < -0.39 is 0 Å². The standard InChI is InChI=1S/C23H34N6O4/c1-17-12-29(18(2)15-30)22(31)10-7-11-28-13-20(25-26-28)16-33-21(17)14-27(3)23(32)24-19-8-5-4-6-9-19/h4-6,8-9,13,17-18,21,30H,7,10-12,14-16H2,1-3H3,(H,24,32)/t17-,18-,21-/m1/s1. The molecule has 3 amide bonds. The number of aliphatic hydroxyl groups excluding tert-OH is 1. The van der Waals surface area contributed by atoms with Gasteiger partial charge in [0.2, 0.25) is 5.91 Å². The summed E-state index contributed by atoms with van der Waals surface area (Å²) in [4.78, 5) is 28.9. The normalized spacial score (nSPS) is 20.8. The van der Waals surface area contributed by atoms with E-state index in [1.807, 2.05) is 50.4 Å². The molecule has 3 atom stereocenters. The number of benzene rings is 1. The smallest absolute Gasteiger partial charge is 0.321 e. The summed E-state index contributed by atoms with van der Waals surface area (Å²) < 4.78 is 7.91. The molecular weight excluding hydrogens is 424 g/mol. The van der Waals surface area contributed by atoms with Gasteiger partial charge in [0.15, 0.2) is 0 Å². The first kappa shape index (κ1) is 24.7. The number of urea groups is 1. The lowest BCUT2D eigenvalue weighted by atomic mass is 10.0. The lowest BCUT2D eigenvalue weighted by Gasteiger charge is -2.35. The maximum Gasteiger partial charge on any atom is 0.321 e. The number of nitrogens with zero attached hydrogens (tertiary/aromatic N) is 5. The predicted octanol–water partition coefficient (Wildman–Crippen LogP) is 1.97. The van der Waals surface area contributed by atoms with Gasteiger partial charge >= 0.3 is 6.03 Å². The third-order valence-electron chi connectivity index (χ3n) is 5.87. The van der Waals surface area contributed by atoms with E-state index in [4.69, 9.17) is 4.74 Å². The van der Waals surface area contributed by atoms with Crippen LogP contribution >= 0.6 is 0 Å². The molecule has 2 aromatic rings. The van der Waals surface area contributed by atoms with Crippen molar-refractivity contribution in [3.63, 3.8) is 0 Å². The van der Waals surface area contributed by atoms with Crippen molar-refractivity contribution in [3.8, 4) is 0 Å². The largest absolute Gasteiger partial charge is 0.394 e. The van der Waals surface area contributed by atoms with Crippen LogP contribution in [0.1, 0.15) is 32.4 Å². The van der Waals surface area contributed by atoms with Crippen LogP contribution < -0.4 is 5.32 Å². The Balaban J connectivity index is 1.75. The Morgan fingerprint density at radius 3 is 2.85 bits per heavy atom. The molecule has 0 saturated heterocycles. The number of nitrogens with one attached hydrogen (secondary N) is 1. The molecular formula is C23H34N6O4. The Labute approximate surface area is 194 Å². The van der Waals surface area contributed by atoms with E-state index in [2.05, 4.69) is 15.6 Å². The number of carbonyl (C=O) groups is 2. The highest BCUT2D eigenvalue weighted by Gasteiger charge is 2.28. The van der Waals surface area contributed by atoms with Crippen LogP contribution in [-0.4, -0.2) is 80.7 Å². The van der Waals surface area contributed by atoms with Crippen LogP contribution in [-0.2, 0) is 22.7 Å². The molecule has 1 aromatic carbocycles. The fraction of sp³-hybridized carbons (Fsp3) is 0.565. The summed E-state index contributed by atoms with van der Waals surface area (Å²) in [5, 5.41) is 20.8. The number of aryl methyl sites for hydroxylation is 1. The molecule has 10 heteroatoms. The maximum absolute atomic E-state index is 12.9. The van der Waals surface area contributed by atoms with Gasteiger partial charge in [-0.15, -0.1) is 5.10 Å². The zero-order chi connectivity index (χ0) is 23.8. The molecule has 33 heavy (non-hydrogen) atoms. The Hall–Kier alpha value is -2.98. The summed E-state index contributed by atoms with van der Waals surface area (Å²) in [5.41, 5.74) is 1.41. The Kier molecular flexibility index (Phi) is 8.79. The van der Waals surface area contributed by atoms with Gasteiger partial charge in [-0.3, -0.25) is 9.48 Å². The van der Waals surface area contributed by atoms with E-state index in [0.29, 0.717) is 43.9 Å². The highest BCUT2D eigenvalue weighted by atomic mass is 16.5. The molecule has 0 unspecified atom stereocenters. The highest BCUT2D eigenvalue weighted by Crippen LogP contribution is 2.18. The first-order valence-corrected chi connectivity index (χ1v) is 11.4. The number of aromatic nitrogens is 3. The minimum absolute atomic E-state index is 0.0167. The van der Waals surface area contributed by atoms with Crippen LogP contribution in [0.5, 0.6) is 0 Å². The first-order valence-electron chi connectivity index (χ1n) is 11.4. The monoisotopic (exact) mass is 458 g/mol. The van der Waals surface area contributed by atoms with Crippen LogP contribution in [0.15, 0.2) is 36.5 Å². The van der Waals surface area contributed by atoms with Gasteiger partial charge in [0.1, 0.15) is 5.69 Å². The molecule has 0 saturated carbocycles. The number of amides is 3. The molecule has 2 bridgehead atoms. The number of hydrogen-bond acceptors (Lipinski definition) is 6. The van der Waals surface area contributed by atoms with Crippen LogP contribution in [0.2, 0.25) is 0 Å². The SMILES string of the molecule is C[C@@H]1CN([C@H](C)CO)C(=O)CCCn2cc(nn2)CO[C@@H]1CN(C)C(=O)Nc1ccccc1. The number of fused-ring (bicyclic) bond motifs is 2. The highest BCUT2D eigenvalue weighted by molar-refractivity contribution is 5.89. The van der Waals surface area contributed by atoms with Crippen LogP contribution in [0.3, 0.4) is 0 Å². The van der Waals surface area contributed by atoms with Crippen molar-refractivity contribution < 1.29 is 19.4 Å². The third-order valence-corrected chi connectivity index (χ3v) is 5.87. The van der Waals surface area contributed by atoms with Gasteiger partial charge in [-0.1, -0.05) is 30.3 Å². The van der Waals surface area contributed by atoms with Crippen molar-refractivity contribution in [2.75, 3.05) is 32.1 Å². The molecule has 0 fully saturated rings. The average molecular weight is 459 g/mol. The van der Waals surface area contributed by atoms with E-state index in [9.17, 15) is 14.7 Å². The summed E-state index contributed by atoms with van der Waals surface area (Å²) in [6.07, 6.45) is 2.46. The lowest BCUT2D eigenvalue weighted by Crippen LogP contribution is -2.48. The second-order valence-corrected chi connectivity index (χ2v) is 8.66. The molecule has 10 nitrogen and oxygen atoms in total. The van der Waals surface area contributed by atoms with Gasteiger partial charge in [0.05, 0.1) is 31.6 Å². The van der Waals surface area contributed by atoms with Crippen LogP contribution in [0.4, 0.5) is 10.5 Å². The van der Waals surface area contributed by atoms with Crippen LogP contribution in [0.25, 0.3) is 0 Å². The van der Waals surface area contributed by atoms with Crippen molar-refractivity contribution in [2.45, 2.75) is 52.0 Å². The molecule has 1 aliphatic rings. The minimum Gasteiger partial charge on any atom is -0.394 e. The number of aliphatic hydroxyl groups is 1. The van der Waals surface area contributed by atoms with Gasteiger partial charge < -0.3 is 25.0 Å². The molecule has 0 spiro atoms. The summed E-state index contributed by atoms with van der Waals surface area (Å²) in [5.74, 6) is -0.109. The summed E-state index contributed by atoms with van der Waals surface area (Å²) in [7, 11) is 1.71. The van der Waals surface area contributed by atoms with Crippen molar-refractivity contribution in [1.82, 2.24) is 24.8 Å². The van der Waals surface area contributed by atoms with E-state index in [1.165, 1.54) is 0 Å². The Morgan fingerprint density at radius 1 is 1.36 bits per heavy atom. The van der Waals surface area contributed by atoms with E-state index in [1.54, 1.807) is 21.5 Å². The van der Waals surface area contributed by atoms with Crippen molar-refractivity contribution >= 4 is 17.6 Å². The second kappa shape index (κ2) is 11.8. The maximum atomic E-state index is 12.9. The molecule has 3 rings (SSSR count). The number of likely N-dealkylation sites (N-methyl/N-ethyl adjacent to an activating group) is 1. The molecule has 1 aliphatic heterocycles. The molecule has 1 aromatic heterocycles. The number of rotatable bonds is 5. The number of carbonyl (C=O) groups excluding carboxylic acids is 2. The number of para-hydroxylation sites is 1. The van der Waals surface area contributed by atoms with Crippen molar-refractivity contribution in [2.24, 2.45) is 5.92 Å². The van der Waals surface area contributed by atoms with E-state index in [-0.39, 0.29) is 43.2 Å². The average Bonchev–Trinajstić information content (AvgIpc) is 3.27. The topological polar surface area (TPSA) is 113 Å². The third kappa shape index (κ3) is 7.00. The fourth-order valence-electron chi connectivity index (χ4n) is 3.79. The number of ether oxygens (including phenoxy) is 1. The minimum atomic E-state index is -0.358. The van der Waals surface area contributed by atoms with Gasteiger partial charge in [-0.2, -0.15) is 0 Å². The number of hydrogen-bond donors (Lipinski definition) is 2. The zero-order valence-corrected chi connectivity index (χ0v) is 19.6. The quantitative estimate of drug-likeness (QED) is 0.708. The molecule has 0 aliphatic carbocycles. The van der Waals surface area contributed by atoms with Gasteiger partial charge in [0, 0.05) is 44.7 Å². The predicted molar refractivity (Wildman–Crippen MR) is 123 cm³/mol. The van der Waals surface area contributed by atoms with Gasteiger partial charge in [-0.25, -0.2) is 4.79 Å². The summed E-state index contributed by atoms with van der Waals surface area (Å²) >= 11 is 0. The Morgan fingerprint density at radius 2 is 2.12 bits per heavy atom.